The number of nitrogens with one attached hydrogen (secondary N) is 1. The third-order valence-electron chi connectivity index (χ3n) is 5.44. The lowest BCUT2D eigenvalue weighted by molar-refractivity contribution is -0.117. The van der Waals surface area contributed by atoms with Crippen LogP contribution in [-0.4, -0.2) is 39.7 Å². The van der Waals surface area contributed by atoms with Gasteiger partial charge in [0.1, 0.15) is 6.04 Å². The van der Waals surface area contributed by atoms with Gasteiger partial charge in [-0.3, -0.25) is 9.10 Å². The highest BCUT2D eigenvalue weighted by atomic mass is 32.2. The molecule has 6 nitrogen and oxygen atoms in total. The van der Waals surface area contributed by atoms with E-state index in [4.69, 9.17) is 0 Å². The Morgan fingerprint density at radius 3 is 2.33 bits per heavy atom. The summed E-state index contributed by atoms with van der Waals surface area (Å²) in [6.07, 6.45) is 5.19. The number of benzene rings is 2. The van der Waals surface area contributed by atoms with E-state index in [0.717, 1.165) is 30.6 Å². The minimum Gasteiger partial charge on any atom is -0.372 e. The Morgan fingerprint density at radius 2 is 1.77 bits per heavy atom. The summed E-state index contributed by atoms with van der Waals surface area (Å²) < 4.78 is 26.3. The molecule has 0 saturated carbocycles. The molecular weight excluding hydrogens is 398 g/mol. The van der Waals surface area contributed by atoms with Gasteiger partial charge in [0.15, 0.2) is 0 Å². The Balaban J connectivity index is 1.79. The SMILES string of the molecule is CCC(C(=O)Nc1ccc(N2CCCCC2)cc1)N(c1cccc(C)c1)S(C)(=O)=O. The molecular formula is C23H31N3O3S. The van der Waals surface area contributed by atoms with Crippen molar-refractivity contribution in [2.45, 2.75) is 45.6 Å². The molecule has 1 unspecified atom stereocenters. The van der Waals surface area contributed by atoms with Crippen LogP contribution in [-0.2, 0) is 14.8 Å². The van der Waals surface area contributed by atoms with E-state index in [2.05, 4.69) is 10.2 Å². The topological polar surface area (TPSA) is 69.7 Å². The Hall–Kier alpha value is -2.54. The molecule has 0 bridgehead atoms. The molecule has 3 rings (SSSR count). The van der Waals surface area contributed by atoms with Gasteiger partial charge in [-0.1, -0.05) is 19.1 Å². The summed E-state index contributed by atoms with van der Waals surface area (Å²) >= 11 is 0. The number of hydrogen-bond acceptors (Lipinski definition) is 4. The van der Waals surface area contributed by atoms with Crippen LogP contribution in [0.1, 0.15) is 38.2 Å². The van der Waals surface area contributed by atoms with Crippen LogP contribution >= 0.6 is 0 Å². The average molecular weight is 430 g/mol. The smallest absolute Gasteiger partial charge is 0.248 e. The molecule has 0 aliphatic carbocycles. The van der Waals surface area contributed by atoms with Crippen molar-refractivity contribution in [3.05, 3.63) is 54.1 Å². The van der Waals surface area contributed by atoms with E-state index in [1.807, 2.05) is 44.2 Å². The molecule has 1 fully saturated rings. The molecule has 162 valence electrons. The fraction of sp³-hybridized carbons (Fsp3) is 0.435. The monoisotopic (exact) mass is 429 g/mol. The Labute approximate surface area is 179 Å². The van der Waals surface area contributed by atoms with Gasteiger partial charge in [-0.25, -0.2) is 8.42 Å². The Morgan fingerprint density at radius 1 is 1.10 bits per heavy atom. The summed E-state index contributed by atoms with van der Waals surface area (Å²) in [5.74, 6) is -0.338. The lowest BCUT2D eigenvalue weighted by atomic mass is 10.1. The second kappa shape index (κ2) is 9.51. The van der Waals surface area contributed by atoms with Crippen LogP contribution in [0.5, 0.6) is 0 Å². The Kier molecular flexibility index (Phi) is 7.02. The molecule has 1 heterocycles. The highest BCUT2D eigenvalue weighted by Gasteiger charge is 2.31. The molecule has 1 N–H and O–H groups in total. The molecule has 2 aromatic carbocycles. The maximum atomic E-state index is 13.0. The molecule has 1 aliphatic rings. The van der Waals surface area contributed by atoms with Gasteiger partial charge in [0.2, 0.25) is 15.9 Å². The fourth-order valence-electron chi connectivity index (χ4n) is 3.96. The molecule has 7 heteroatoms. The van der Waals surface area contributed by atoms with Gasteiger partial charge in [-0.2, -0.15) is 0 Å². The normalized spacial score (nSPS) is 15.5. The zero-order chi connectivity index (χ0) is 21.7. The number of hydrogen-bond donors (Lipinski definition) is 1. The van der Waals surface area contributed by atoms with E-state index >= 15 is 0 Å². The first kappa shape index (κ1) is 22.2. The van der Waals surface area contributed by atoms with Gasteiger partial charge in [-0.05, 0) is 74.6 Å². The zero-order valence-corrected chi connectivity index (χ0v) is 18.8. The van der Waals surface area contributed by atoms with Gasteiger partial charge in [-0.15, -0.1) is 0 Å². The van der Waals surface area contributed by atoms with Crippen LogP contribution in [0.25, 0.3) is 0 Å². The van der Waals surface area contributed by atoms with Crippen LogP contribution < -0.4 is 14.5 Å². The van der Waals surface area contributed by atoms with E-state index in [9.17, 15) is 13.2 Å². The molecule has 0 spiro atoms. The number of sulfonamides is 1. The molecule has 1 amide bonds. The predicted octanol–water partition coefficient (Wildman–Crippen LogP) is 4.17. The van der Waals surface area contributed by atoms with Crippen molar-refractivity contribution < 1.29 is 13.2 Å². The van der Waals surface area contributed by atoms with E-state index in [0.29, 0.717) is 17.8 Å². The second-order valence-electron chi connectivity index (χ2n) is 7.91. The highest BCUT2D eigenvalue weighted by Crippen LogP contribution is 2.25. The first-order valence-electron chi connectivity index (χ1n) is 10.5. The molecule has 1 saturated heterocycles. The Bertz CT molecular complexity index is 967. The van der Waals surface area contributed by atoms with Crippen LogP contribution in [0.4, 0.5) is 17.1 Å². The fourth-order valence-corrected chi connectivity index (χ4v) is 5.16. The van der Waals surface area contributed by atoms with Crippen molar-refractivity contribution in [1.29, 1.82) is 0 Å². The molecule has 2 aromatic rings. The highest BCUT2D eigenvalue weighted by molar-refractivity contribution is 7.92. The van der Waals surface area contributed by atoms with Crippen LogP contribution in [0.15, 0.2) is 48.5 Å². The number of anilines is 3. The van der Waals surface area contributed by atoms with Gasteiger partial charge in [0, 0.05) is 24.5 Å². The molecule has 0 radical (unpaired) electrons. The maximum Gasteiger partial charge on any atom is 0.248 e. The van der Waals surface area contributed by atoms with Crippen molar-refractivity contribution in [2.75, 3.05) is 33.9 Å². The second-order valence-corrected chi connectivity index (χ2v) is 9.77. The summed E-state index contributed by atoms with van der Waals surface area (Å²) in [7, 11) is -3.64. The lowest BCUT2D eigenvalue weighted by Gasteiger charge is -2.30. The summed E-state index contributed by atoms with van der Waals surface area (Å²) in [5.41, 5.74) is 3.25. The number of carbonyl (C=O) groups is 1. The summed E-state index contributed by atoms with van der Waals surface area (Å²) in [5, 5.41) is 2.90. The van der Waals surface area contributed by atoms with Crippen molar-refractivity contribution in [2.24, 2.45) is 0 Å². The van der Waals surface area contributed by atoms with Crippen molar-refractivity contribution in [1.82, 2.24) is 0 Å². The number of amides is 1. The number of nitrogens with zero attached hydrogens (tertiary/aromatic N) is 2. The minimum atomic E-state index is -3.64. The minimum absolute atomic E-state index is 0.338. The van der Waals surface area contributed by atoms with Crippen LogP contribution in [0, 0.1) is 6.92 Å². The van der Waals surface area contributed by atoms with E-state index in [1.165, 1.54) is 23.6 Å². The molecule has 0 aromatic heterocycles. The van der Waals surface area contributed by atoms with Gasteiger partial charge < -0.3 is 10.2 Å². The first-order chi connectivity index (χ1) is 14.3. The average Bonchev–Trinajstić information content (AvgIpc) is 2.72. The van der Waals surface area contributed by atoms with Crippen molar-refractivity contribution >= 4 is 33.0 Å². The largest absolute Gasteiger partial charge is 0.372 e. The van der Waals surface area contributed by atoms with E-state index < -0.39 is 16.1 Å². The number of rotatable bonds is 7. The standard InChI is InChI=1S/C23H31N3O3S/c1-4-22(26(30(3,28)29)21-10-8-9-18(2)17-21)23(27)24-19-11-13-20(14-12-19)25-15-6-5-7-16-25/h8-14,17,22H,4-7,15-16H2,1-3H3,(H,24,27). The lowest BCUT2D eigenvalue weighted by Crippen LogP contribution is -2.47. The van der Waals surface area contributed by atoms with Crippen LogP contribution in [0.3, 0.4) is 0 Å². The number of carbonyl (C=O) groups excluding carboxylic acids is 1. The predicted molar refractivity (Wildman–Crippen MR) is 124 cm³/mol. The number of aryl methyl sites for hydroxylation is 1. The number of piperidine rings is 1. The summed E-state index contributed by atoms with van der Waals surface area (Å²) in [4.78, 5) is 15.4. The van der Waals surface area contributed by atoms with Gasteiger partial charge >= 0.3 is 0 Å². The maximum absolute atomic E-state index is 13.0. The summed E-state index contributed by atoms with van der Waals surface area (Å²) in [6, 6.07) is 14.2. The quantitative estimate of drug-likeness (QED) is 0.717. The third-order valence-corrected chi connectivity index (χ3v) is 6.62. The molecule has 1 aliphatic heterocycles. The van der Waals surface area contributed by atoms with Gasteiger partial charge in [0.25, 0.3) is 0 Å². The van der Waals surface area contributed by atoms with Crippen molar-refractivity contribution in [3.63, 3.8) is 0 Å². The van der Waals surface area contributed by atoms with E-state index in [-0.39, 0.29) is 5.91 Å². The summed E-state index contributed by atoms with van der Waals surface area (Å²) in [6.45, 7) is 5.83. The first-order valence-corrected chi connectivity index (χ1v) is 12.4. The third kappa shape index (κ3) is 5.33. The molecule has 1 atom stereocenters. The zero-order valence-electron chi connectivity index (χ0n) is 18.0. The van der Waals surface area contributed by atoms with Gasteiger partial charge in [0.05, 0.1) is 11.9 Å². The molecule has 30 heavy (non-hydrogen) atoms. The van der Waals surface area contributed by atoms with E-state index in [1.54, 1.807) is 18.2 Å². The van der Waals surface area contributed by atoms with Crippen LogP contribution in [0.2, 0.25) is 0 Å². The van der Waals surface area contributed by atoms with Crippen molar-refractivity contribution in [3.8, 4) is 0 Å².